The molecule has 3 aromatic rings. The number of nitrogens with one attached hydrogen (secondary N) is 1. The summed E-state index contributed by atoms with van der Waals surface area (Å²) in [4.78, 5) is 12.5. The molecule has 1 N–H and O–H groups in total. The number of halogens is 1. The maximum atomic E-state index is 12.5. The first-order valence-electron chi connectivity index (χ1n) is 7.68. The van der Waals surface area contributed by atoms with Crippen LogP contribution >= 0.6 is 15.9 Å². The van der Waals surface area contributed by atoms with E-state index in [2.05, 4.69) is 26.3 Å². The number of amides is 1. The zero-order valence-corrected chi connectivity index (χ0v) is 15.2. The highest BCUT2D eigenvalue weighted by Crippen LogP contribution is 2.19. The number of nitrogens with zero attached hydrogens (tertiary/aromatic N) is 2. The van der Waals surface area contributed by atoms with E-state index in [1.54, 1.807) is 16.9 Å². The van der Waals surface area contributed by atoms with Crippen molar-refractivity contribution in [3.63, 3.8) is 0 Å². The van der Waals surface area contributed by atoms with Crippen molar-refractivity contribution in [1.29, 1.82) is 0 Å². The van der Waals surface area contributed by atoms with Crippen LogP contribution < -0.4 is 5.32 Å². The molecule has 0 aliphatic carbocycles. The quantitative estimate of drug-likeness (QED) is 0.717. The summed E-state index contributed by atoms with van der Waals surface area (Å²) in [5.74, 6) is 0.547. The minimum Gasteiger partial charge on any atom is -0.307 e. The summed E-state index contributed by atoms with van der Waals surface area (Å²) in [6.45, 7) is 4.55. The Kier molecular flexibility index (Phi) is 4.81. The molecule has 0 spiro atoms. The van der Waals surface area contributed by atoms with Gasteiger partial charge in [-0.1, -0.05) is 51.3 Å². The smallest absolute Gasteiger partial charge is 0.256 e. The third-order valence-electron chi connectivity index (χ3n) is 3.72. The predicted molar refractivity (Wildman–Crippen MR) is 99.3 cm³/mol. The van der Waals surface area contributed by atoms with Crippen molar-refractivity contribution >= 4 is 27.7 Å². The fourth-order valence-electron chi connectivity index (χ4n) is 2.65. The molecular weight excluding hydrogens is 366 g/mol. The minimum atomic E-state index is -0.129. The van der Waals surface area contributed by atoms with Gasteiger partial charge >= 0.3 is 0 Å². The number of hydrogen-bond donors (Lipinski definition) is 1. The molecule has 0 fully saturated rings. The van der Waals surface area contributed by atoms with Crippen LogP contribution in [0.15, 0.2) is 59.2 Å². The van der Waals surface area contributed by atoms with Gasteiger partial charge in [0.25, 0.3) is 5.91 Å². The van der Waals surface area contributed by atoms with Gasteiger partial charge in [-0.2, -0.15) is 5.10 Å². The SMILES string of the molecule is Cc1cc(C)cc(C(=O)Nc2ccnn2Cc2ccccc2Br)c1. The van der Waals surface area contributed by atoms with E-state index in [0.717, 1.165) is 21.2 Å². The molecule has 0 radical (unpaired) electrons. The highest BCUT2D eigenvalue weighted by Gasteiger charge is 2.11. The Bertz CT molecular complexity index is 866. The number of carbonyl (C=O) groups is 1. The third kappa shape index (κ3) is 3.74. The van der Waals surface area contributed by atoms with Gasteiger partial charge < -0.3 is 5.32 Å². The summed E-state index contributed by atoms with van der Waals surface area (Å²) in [5, 5.41) is 7.26. The van der Waals surface area contributed by atoms with Crippen LogP contribution in [0, 0.1) is 13.8 Å². The Morgan fingerprint density at radius 3 is 2.54 bits per heavy atom. The van der Waals surface area contributed by atoms with Crippen LogP contribution in [0.5, 0.6) is 0 Å². The Labute approximate surface area is 149 Å². The van der Waals surface area contributed by atoms with E-state index >= 15 is 0 Å². The number of aryl methyl sites for hydroxylation is 2. The van der Waals surface area contributed by atoms with Crippen LogP contribution in [0.25, 0.3) is 0 Å². The second kappa shape index (κ2) is 7.01. The lowest BCUT2D eigenvalue weighted by atomic mass is 10.1. The molecule has 5 heteroatoms. The van der Waals surface area contributed by atoms with E-state index in [4.69, 9.17) is 0 Å². The topological polar surface area (TPSA) is 46.9 Å². The molecule has 0 atom stereocenters. The Morgan fingerprint density at radius 2 is 1.83 bits per heavy atom. The summed E-state index contributed by atoms with van der Waals surface area (Å²) in [5.41, 5.74) is 3.90. The Morgan fingerprint density at radius 1 is 1.12 bits per heavy atom. The summed E-state index contributed by atoms with van der Waals surface area (Å²) in [7, 11) is 0. The van der Waals surface area contributed by atoms with Crippen molar-refractivity contribution in [1.82, 2.24) is 9.78 Å². The molecule has 2 aromatic carbocycles. The van der Waals surface area contributed by atoms with Gasteiger partial charge in [0.1, 0.15) is 5.82 Å². The van der Waals surface area contributed by atoms with Crippen LogP contribution in [0.1, 0.15) is 27.0 Å². The molecule has 0 unspecified atom stereocenters. The fourth-order valence-corrected chi connectivity index (χ4v) is 3.06. The van der Waals surface area contributed by atoms with E-state index < -0.39 is 0 Å². The van der Waals surface area contributed by atoms with Gasteiger partial charge in [-0.25, -0.2) is 4.68 Å². The van der Waals surface area contributed by atoms with Crippen LogP contribution in [0.2, 0.25) is 0 Å². The summed E-state index contributed by atoms with van der Waals surface area (Å²) < 4.78 is 2.80. The third-order valence-corrected chi connectivity index (χ3v) is 4.49. The van der Waals surface area contributed by atoms with Crippen molar-refractivity contribution in [2.75, 3.05) is 5.32 Å². The van der Waals surface area contributed by atoms with Gasteiger partial charge in [0, 0.05) is 16.1 Å². The van der Waals surface area contributed by atoms with Crippen LogP contribution in [-0.2, 0) is 6.54 Å². The zero-order chi connectivity index (χ0) is 17.1. The standard InChI is InChI=1S/C19H18BrN3O/c1-13-9-14(2)11-16(10-13)19(24)22-18-7-8-21-23(18)12-15-5-3-4-6-17(15)20/h3-11H,12H2,1-2H3,(H,22,24). The van der Waals surface area contributed by atoms with Crippen molar-refractivity contribution in [3.8, 4) is 0 Å². The van der Waals surface area contributed by atoms with Gasteiger partial charge in [0.15, 0.2) is 0 Å². The Hall–Kier alpha value is -2.40. The van der Waals surface area contributed by atoms with Gasteiger partial charge in [0.05, 0.1) is 12.7 Å². The molecule has 0 saturated carbocycles. The van der Waals surface area contributed by atoms with Crippen molar-refractivity contribution in [3.05, 3.63) is 81.5 Å². The number of carbonyl (C=O) groups excluding carboxylic acids is 1. The highest BCUT2D eigenvalue weighted by atomic mass is 79.9. The van der Waals surface area contributed by atoms with E-state index in [1.165, 1.54) is 0 Å². The lowest BCUT2D eigenvalue weighted by molar-refractivity contribution is 0.102. The largest absolute Gasteiger partial charge is 0.307 e. The van der Waals surface area contributed by atoms with Gasteiger partial charge in [-0.05, 0) is 37.6 Å². The number of hydrogen-bond acceptors (Lipinski definition) is 2. The molecule has 1 aromatic heterocycles. The average Bonchev–Trinajstić information content (AvgIpc) is 2.95. The number of anilines is 1. The first kappa shape index (κ1) is 16.5. The summed E-state index contributed by atoms with van der Waals surface area (Å²) in [6.07, 6.45) is 1.69. The molecular formula is C19H18BrN3O. The van der Waals surface area contributed by atoms with Gasteiger partial charge in [0.2, 0.25) is 0 Å². The predicted octanol–water partition coefficient (Wildman–Crippen LogP) is 4.56. The molecule has 3 rings (SSSR count). The first-order chi connectivity index (χ1) is 11.5. The molecule has 0 saturated heterocycles. The van der Waals surface area contributed by atoms with E-state index in [-0.39, 0.29) is 5.91 Å². The first-order valence-corrected chi connectivity index (χ1v) is 8.47. The molecule has 4 nitrogen and oxygen atoms in total. The maximum Gasteiger partial charge on any atom is 0.256 e. The minimum absolute atomic E-state index is 0.129. The fraction of sp³-hybridized carbons (Fsp3) is 0.158. The number of benzene rings is 2. The van der Waals surface area contributed by atoms with E-state index in [0.29, 0.717) is 17.9 Å². The van der Waals surface area contributed by atoms with E-state index in [1.807, 2.05) is 56.3 Å². The van der Waals surface area contributed by atoms with Crippen molar-refractivity contribution in [2.24, 2.45) is 0 Å². The lowest BCUT2D eigenvalue weighted by Crippen LogP contribution is -2.16. The van der Waals surface area contributed by atoms with Crippen LogP contribution in [0.3, 0.4) is 0 Å². The highest BCUT2D eigenvalue weighted by molar-refractivity contribution is 9.10. The maximum absolute atomic E-state index is 12.5. The van der Waals surface area contributed by atoms with Gasteiger partial charge in [-0.15, -0.1) is 0 Å². The molecule has 1 heterocycles. The normalized spacial score (nSPS) is 10.6. The monoisotopic (exact) mass is 383 g/mol. The zero-order valence-electron chi connectivity index (χ0n) is 13.6. The molecule has 122 valence electrons. The van der Waals surface area contributed by atoms with Crippen LogP contribution in [0.4, 0.5) is 5.82 Å². The number of rotatable bonds is 4. The molecule has 1 amide bonds. The number of aromatic nitrogens is 2. The summed E-state index contributed by atoms with van der Waals surface area (Å²) >= 11 is 3.54. The second-order valence-electron chi connectivity index (χ2n) is 5.80. The molecule has 0 aliphatic heterocycles. The van der Waals surface area contributed by atoms with Crippen molar-refractivity contribution < 1.29 is 4.79 Å². The van der Waals surface area contributed by atoms with Crippen LogP contribution in [-0.4, -0.2) is 15.7 Å². The molecule has 0 bridgehead atoms. The molecule has 0 aliphatic rings. The Balaban J connectivity index is 1.80. The van der Waals surface area contributed by atoms with Gasteiger partial charge in [-0.3, -0.25) is 4.79 Å². The summed E-state index contributed by atoms with van der Waals surface area (Å²) in [6, 6.07) is 15.6. The van der Waals surface area contributed by atoms with E-state index in [9.17, 15) is 4.79 Å². The second-order valence-corrected chi connectivity index (χ2v) is 6.65. The average molecular weight is 384 g/mol. The lowest BCUT2D eigenvalue weighted by Gasteiger charge is -2.11. The molecule has 24 heavy (non-hydrogen) atoms. The van der Waals surface area contributed by atoms with Crippen molar-refractivity contribution in [2.45, 2.75) is 20.4 Å².